The zero-order chi connectivity index (χ0) is 27.9. The molecule has 0 bridgehead atoms. The Kier molecular flexibility index (Phi) is 9.73. The van der Waals surface area contributed by atoms with Crippen molar-refractivity contribution in [3.63, 3.8) is 0 Å². The fraction of sp³-hybridized carbons (Fsp3) is 0.364. The molecule has 3 aromatic rings. The predicted molar refractivity (Wildman–Crippen MR) is 152 cm³/mol. The molecular formula is C33H39FO4. The van der Waals surface area contributed by atoms with E-state index in [4.69, 9.17) is 14.6 Å². The molecule has 0 saturated heterocycles. The monoisotopic (exact) mass is 518 g/mol. The molecule has 0 aromatic heterocycles. The third-order valence-electron chi connectivity index (χ3n) is 6.58. The fourth-order valence-electron chi connectivity index (χ4n) is 3.78. The van der Waals surface area contributed by atoms with Crippen LogP contribution in [0.5, 0.6) is 11.5 Å². The smallest absolute Gasteiger partial charge is 0.303 e. The number of carboxylic acids is 1. The molecule has 1 fully saturated rings. The number of aliphatic carboxylic acids is 1. The summed E-state index contributed by atoms with van der Waals surface area (Å²) in [5.41, 5.74) is 4.56. The third kappa shape index (κ3) is 8.47. The van der Waals surface area contributed by atoms with E-state index in [1.54, 1.807) is 19.2 Å². The number of methoxy groups -OCH3 is 1. The lowest BCUT2D eigenvalue weighted by Crippen LogP contribution is -2.09. The summed E-state index contributed by atoms with van der Waals surface area (Å²) in [6.45, 7) is 13.1. The van der Waals surface area contributed by atoms with Crippen LogP contribution < -0.4 is 9.47 Å². The van der Waals surface area contributed by atoms with E-state index in [1.807, 2.05) is 42.5 Å². The standard InChI is InChI=1S/C29H31FO4.C4H8/c1-19(29(2,3)4)25-16-21(9-12-24(25)26-17-22(33-5)11-13-27(26)30)18-34-23-8-6-7-20(15-23)10-14-28(31)32;1-4-2-3-4/h6-9,11-13,15-17H,1,10,14,18H2,2-5H3,(H,31,32);4H,2-3H2,1H3. The van der Waals surface area contributed by atoms with Gasteiger partial charge in [-0.3, -0.25) is 4.79 Å². The topological polar surface area (TPSA) is 55.8 Å². The lowest BCUT2D eigenvalue weighted by Gasteiger charge is -2.25. The molecule has 1 saturated carbocycles. The number of carbonyl (C=O) groups is 1. The number of allylic oxidation sites excluding steroid dienone is 1. The van der Waals surface area contributed by atoms with Gasteiger partial charge in [0.2, 0.25) is 0 Å². The number of aryl methyl sites for hydroxylation is 1. The maximum Gasteiger partial charge on any atom is 0.303 e. The van der Waals surface area contributed by atoms with Gasteiger partial charge >= 0.3 is 5.97 Å². The average Bonchev–Trinajstić information content (AvgIpc) is 3.68. The minimum Gasteiger partial charge on any atom is -0.497 e. The van der Waals surface area contributed by atoms with Gasteiger partial charge in [0.1, 0.15) is 23.9 Å². The maximum atomic E-state index is 14.8. The largest absolute Gasteiger partial charge is 0.497 e. The molecule has 0 amide bonds. The summed E-state index contributed by atoms with van der Waals surface area (Å²) in [6.07, 6.45) is 3.49. The van der Waals surface area contributed by atoms with Gasteiger partial charge in [-0.25, -0.2) is 4.39 Å². The van der Waals surface area contributed by atoms with Crippen molar-refractivity contribution in [3.8, 4) is 22.6 Å². The van der Waals surface area contributed by atoms with Crippen LogP contribution in [0, 0.1) is 17.2 Å². The van der Waals surface area contributed by atoms with E-state index < -0.39 is 5.97 Å². The summed E-state index contributed by atoms with van der Waals surface area (Å²) in [5.74, 6) is 1.18. The van der Waals surface area contributed by atoms with E-state index >= 15 is 0 Å². The van der Waals surface area contributed by atoms with Crippen LogP contribution in [0.3, 0.4) is 0 Å². The lowest BCUT2D eigenvalue weighted by molar-refractivity contribution is -0.136. The highest BCUT2D eigenvalue weighted by Gasteiger charge is 2.22. The summed E-state index contributed by atoms with van der Waals surface area (Å²) >= 11 is 0. The summed E-state index contributed by atoms with van der Waals surface area (Å²) in [6, 6.07) is 18.0. The Hall–Kier alpha value is -3.60. The summed E-state index contributed by atoms with van der Waals surface area (Å²) in [4.78, 5) is 10.8. The number of halogens is 1. The van der Waals surface area contributed by atoms with Gasteiger partial charge in [0.15, 0.2) is 0 Å². The first kappa shape index (κ1) is 29.0. The Balaban J connectivity index is 0.000000912. The van der Waals surface area contributed by atoms with Gasteiger partial charge < -0.3 is 14.6 Å². The zero-order valence-electron chi connectivity index (χ0n) is 23.1. The van der Waals surface area contributed by atoms with Crippen LogP contribution in [0.25, 0.3) is 16.7 Å². The zero-order valence-corrected chi connectivity index (χ0v) is 23.1. The molecule has 4 rings (SSSR count). The molecule has 0 spiro atoms. The Morgan fingerprint density at radius 3 is 2.32 bits per heavy atom. The molecule has 3 aromatic carbocycles. The van der Waals surface area contributed by atoms with Crippen molar-refractivity contribution < 1.29 is 23.8 Å². The summed E-state index contributed by atoms with van der Waals surface area (Å²) in [5, 5.41) is 8.91. The molecule has 1 aliphatic rings. The van der Waals surface area contributed by atoms with Crippen LogP contribution >= 0.6 is 0 Å². The molecule has 38 heavy (non-hydrogen) atoms. The van der Waals surface area contributed by atoms with Gasteiger partial charge in [0.25, 0.3) is 0 Å². The van der Waals surface area contributed by atoms with Crippen molar-refractivity contribution in [1.29, 1.82) is 0 Å². The molecule has 0 unspecified atom stereocenters. The number of rotatable bonds is 9. The number of carboxylic acid groups (broad SMARTS) is 1. The molecule has 4 nitrogen and oxygen atoms in total. The Morgan fingerprint density at radius 2 is 1.71 bits per heavy atom. The van der Waals surface area contributed by atoms with Gasteiger partial charge in [0.05, 0.1) is 7.11 Å². The molecule has 5 heteroatoms. The van der Waals surface area contributed by atoms with Crippen molar-refractivity contribution in [2.24, 2.45) is 11.3 Å². The Labute approximate surface area is 226 Å². The second kappa shape index (κ2) is 12.8. The second-order valence-corrected chi connectivity index (χ2v) is 11.0. The van der Waals surface area contributed by atoms with Gasteiger partial charge in [-0.1, -0.05) is 71.4 Å². The SMILES string of the molecule is C=C(c1cc(COc2cccc(CCC(=O)O)c2)ccc1-c1cc(OC)ccc1F)C(C)(C)C.CC1CC1. The van der Waals surface area contributed by atoms with Gasteiger partial charge in [-0.2, -0.15) is 0 Å². The highest BCUT2D eigenvalue weighted by molar-refractivity contribution is 5.83. The fourth-order valence-corrected chi connectivity index (χ4v) is 3.78. The molecule has 1 aliphatic carbocycles. The number of hydrogen-bond donors (Lipinski definition) is 1. The predicted octanol–water partition coefficient (Wildman–Crippen LogP) is 8.57. The second-order valence-electron chi connectivity index (χ2n) is 11.0. The molecule has 0 radical (unpaired) electrons. The Bertz CT molecular complexity index is 1270. The number of benzene rings is 3. The van der Waals surface area contributed by atoms with Crippen LogP contribution in [0.15, 0.2) is 67.2 Å². The van der Waals surface area contributed by atoms with Gasteiger partial charge in [-0.05, 0) is 82.0 Å². The minimum atomic E-state index is -0.828. The normalized spacial score (nSPS) is 12.8. The highest BCUT2D eigenvalue weighted by atomic mass is 19.1. The highest BCUT2D eigenvalue weighted by Crippen LogP contribution is 2.40. The first-order valence-corrected chi connectivity index (χ1v) is 13.1. The van der Waals surface area contributed by atoms with Gasteiger partial charge in [0, 0.05) is 12.0 Å². The minimum absolute atomic E-state index is 0.0734. The van der Waals surface area contributed by atoms with Crippen molar-refractivity contribution in [3.05, 3.63) is 89.8 Å². The van der Waals surface area contributed by atoms with Crippen LogP contribution in [-0.2, 0) is 17.8 Å². The van der Waals surface area contributed by atoms with Crippen LogP contribution in [0.4, 0.5) is 4.39 Å². The molecule has 1 N–H and O–H groups in total. The van der Waals surface area contributed by atoms with E-state index in [-0.39, 0.29) is 17.7 Å². The molecule has 202 valence electrons. The van der Waals surface area contributed by atoms with E-state index in [0.29, 0.717) is 30.1 Å². The van der Waals surface area contributed by atoms with Crippen LogP contribution in [0.2, 0.25) is 0 Å². The van der Waals surface area contributed by atoms with E-state index in [1.165, 1.54) is 18.9 Å². The summed E-state index contributed by atoms with van der Waals surface area (Å²) < 4.78 is 26.1. The first-order chi connectivity index (χ1) is 18.0. The summed E-state index contributed by atoms with van der Waals surface area (Å²) in [7, 11) is 1.56. The first-order valence-electron chi connectivity index (χ1n) is 13.1. The van der Waals surface area contributed by atoms with E-state index in [2.05, 4.69) is 34.3 Å². The lowest BCUT2D eigenvalue weighted by atomic mass is 9.80. The van der Waals surface area contributed by atoms with Gasteiger partial charge in [-0.15, -0.1) is 0 Å². The van der Waals surface area contributed by atoms with Crippen LogP contribution in [0.1, 0.15) is 63.6 Å². The maximum absolute atomic E-state index is 14.8. The van der Waals surface area contributed by atoms with Crippen LogP contribution in [-0.4, -0.2) is 18.2 Å². The molecule has 0 heterocycles. The molecular weight excluding hydrogens is 479 g/mol. The van der Waals surface area contributed by atoms with E-state index in [9.17, 15) is 9.18 Å². The quantitative estimate of drug-likeness (QED) is 0.308. The number of hydrogen-bond acceptors (Lipinski definition) is 3. The van der Waals surface area contributed by atoms with Crippen molar-refractivity contribution >= 4 is 11.5 Å². The van der Waals surface area contributed by atoms with Crippen molar-refractivity contribution in [2.45, 2.75) is 60.0 Å². The Morgan fingerprint density at radius 1 is 1.00 bits per heavy atom. The van der Waals surface area contributed by atoms with E-state index in [0.717, 1.165) is 33.7 Å². The van der Waals surface area contributed by atoms with Crippen molar-refractivity contribution in [2.75, 3.05) is 7.11 Å². The third-order valence-corrected chi connectivity index (χ3v) is 6.58. The van der Waals surface area contributed by atoms with Crippen molar-refractivity contribution in [1.82, 2.24) is 0 Å². The molecule has 0 atom stereocenters. The molecule has 0 aliphatic heterocycles. The average molecular weight is 519 g/mol. The number of ether oxygens (including phenoxy) is 2.